The SMILES string of the molecule is COC(=O)Cc1ccc(F)c(Cl)c1I. The van der Waals surface area contributed by atoms with Gasteiger partial charge in [-0.15, -0.1) is 0 Å². The van der Waals surface area contributed by atoms with Crippen molar-refractivity contribution in [3.05, 3.63) is 32.1 Å². The van der Waals surface area contributed by atoms with Crippen LogP contribution in [0.2, 0.25) is 5.02 Å². The van der Waals surface area contributed by atoms with E-state index in [1.165, 1.54) is 19.2 Å². The summed E-state index contributed by atoms with van der Waals surface area (Å²) < 4.78 is 18.0. The van der Waals surface area contributed by atoms with Gasteiger partial charge in [0.2, 0.25) is 0 Å². The summed E-state index contributed by atoms with van der Waals surface area (Å²) in [5.41, 5.74) is 0.670. The van der Waals surface area contributed by atoms with Crippen LogP contribution < -0.4 is 0 Å². The lowest BCUT2D eigenvalue weighted by atomic mass is 10.1. The first-order valence-electron chi connectivity index (χ1n) is 3.75. The highest BCUT2D eigenvalue weighted by molar-refractivity contribution is 14.1. The number of benzene rings is 1. The van der Waals surface area contributed by atoms with Gasteiger partial charge in [0.05, 0.1) is 18.6 Å². The third-order valence-electron chi connectivity index (χ3n) is 1.68. The molecule has 0 saturated carbocycles. The number of methoxy groups -OCH3 is 1. The van der Waals surface area contributed by atoms with E-state index in [0.717, 1.165) is 0 Å². The minimum absolute atomic E-state index is 0.0482. The fourth-order valence-electron chi connectivity index (χ4n) is 0.930. The molecule has 0 heterocycles. The largest absolute Gasteiger partial charge is 0.469 e. The van der Waals surface area contributed by atoms with E-state index in [2.05, 4.69) is 4.74 Å². The van der Waals surface area contributed by atoms with Crippen molar-refractivity contribution in [2.45, 2.75) is 6.42 Å². The van der Waals surface area contributed by atoms with Gasteiger partial charge in [-0.25, -0.2) is 4.39 Å². The van der Waals surface area contributed by atoms with Crippen LogP contribution in [0.15, 0.2) is 12.1 Å². The smallest absolute Gasteiger partial charge is 0.310 e. The number of esters is 1. The van der Waals surface area contributed by atoms with Gasteiger partial charge in [0, 0.05) is 3.57 Å². The summed E-state index contributed by atoms with van der Waals surface area (Å²) >= 11 is 7.58. The molecule has 0 atom stereocenters. The van der Waals surface area contributed by atoms with Crippen molar-refractivity contribution in [1.29, 1.82) is 0 Å². The standard InChI is InChI=1S/C9H7ClFIO2/c1-14-7(13)4-5-2-3-6(11)8(10)9(5)12/h2-3H,4H2,1H3. The first-order valence-corrected chi connectivity index (χ1v) is 5.21. The zero-order chi connectivity index (χ0) is 10.7. The quantitative estimate of drug-likeness (QED) is 0.474. The van der Waals surface area contributed by atoms with Crippen molar-refractivity contribution in [3.63, 3.8) is 0 Å². The van der Waals surface area contributed by atoms with Gasteiger partial charge in [0.1, 0.15) is 5.82 Å². The number of hydrogen-bond acceptors (Lipinski definition) is 2. The summed E-state index contributed by atoms with van der Waals surface area (Å²) in [6, 6.07) is 2.77. The fraction of sp³-hybridized carbons (Fsp3) is 0.222. The van der Waals surface area contributed by atoms with Crippen LogP contribution in [0.4, 0.5) is 4.39 Å². The summed E-state index contributed by atoms with van der Waals surface area (Å²) in [6.07, 6.45) is 0.106. The normalized spacial score (nSPS) is 10.0. The summed E-state index contributed by atoms with van der Waals surface area (Å²) in [5, 5.41) is 0.0482. The molecule has 0 aliphatic carbocycles. The Kier molecular flexibility index (Phi) is 4.12. The molecule has 1 aromatic rings. The van der Waals surface area contributed by atoms with Crippen molar-refractivity contribution in [2.24, 2.45) is 0 Å². The Hall–Kier alpha value is -0.360. The molecule has 0 radical (unpaired) electrons. The molecule has 1 rings (SSSR count). The Morgan fingerprint density at radius 1 is 1.64 bits per heavy atom. The highest BCUT2D eigenvalue weighted by Gasteiger charge is 2.12. The van der Waals surface area contributed by atoms with E-state index in [9.17, 15) is 9.18 Å². The van der Waals surface area contributed by atoms with E-state index in [-0.39, 0.29) is 17.4 Å². The topological polar surface area (TPSA) is 26.3 Å². The predicted octanol–water partition coefficient (Wildman–Crippen LogP) is 2.80. The minimum Gasteiger partial charge on any atom is -0.469 e. The summed E-state index contributed by atoms with van der Waals surface area (Å²) in [5.74, 6) is -0.852. The van der Waals surface area contributed by atoms with Crippen molar-refractivity contribution in [1.82, 2.24) is 0 Å². The lowest BCUT2D eigenvalue weighted by Crippen LogP contribution is -2.06. The van der Waals surface area contributed by atoms with E-state index in [1.54, 1.807) is 0 Å². The fourth-order valence-corrected chi connectivity index (χ4v) is 1.74. The Bertz CT molecular complexity index is 368. The van der Waals surface area contributed by atoms with Gasteiger partial charge >= 0.3 is 5.97 Å². The third kappa shape index (κ3) is 2.57. The zero-order valence-electron chi connectivity index (χ0n) is 7.31. The molecular weight excluding hydrogens is 321 g/mol. The van der Waals surface area contributed by atoms with Crippen LogP contribution in [0.25, 0.3) is 0 Å². The number of carbonyl (C=O) groups is 1. The number of rotatable bonds is 2. The molecule has 0 bridgehead atoms. The molecule has 0 saturated heterocycles. The number of halogens is 3. The molecule has 0 N–H and O–H groups in total. The second kappa shape index (κ2) is 4.93. The lowest BCUT2D eigenvalue weighted by Gasteiger charge is -2.05. The predicted molar refractivity (Wildman–Crippen MR) is 59.8 cm³/mol. The van der Waals surface area contributed by atoms with Crippen LogP contribution >= 0.6 is 34.2 Å². The maximum atomic E-state index is 12.9. The molecule has 0 aliphatic rings. The molecule has 0 aliphatic heterocycles. The Labute approximate surface area is 99.5 Å². The van der Waals surface area contributed by atoms with E-state index >= 15 is 0 Å². The molecule has 76 valence electrons. The zero-order valence-corrected chi connectivity index (χ0v) is 10.2. The maximum Gasteiger partial charge on any atom is 0.310 e. The molecule has 14 heavy (non-hydrogen) atoms. The Balaban J connectivity index is 3.00. The lowest BCUT2D eigenvalue weighted by molar-refractivity contribution is -0.139. The Morgan fingerprint density at radius 3 is 2.86 bits per heavy atom. The molecule has 1 aromatic carbocycles. The van der Waals surface area contributed by atoms with E-state index in [4.69, 9.17) is 11.6 Å². The first-order chi connectivity index (χ1) is 6.56. The first kappa shape index (κ1) is 11.7. The number of ether oxygens (including phenoxy) is 1. The van der Waals surface area contributed by atoms with Crippen LogP contribution in [0.5, 0.6) is 0 Å². The summed E-state index contributed by atoms with van der Waals surface area (Å²) in [7, 11) is 1.31. The third-order valence-corrected chi connectivity index (χ3v) is 3.60. The molecule has 0 unspecified atom stereocenters. The highest BCUT2D eigenvalue weighted by atomic mass is 127. The maximum absolute atomic E-state index is 12.9. The number of carbonyl (C=O) groups excluding carboxylic acids is 1. The van der Waals surface area contributed by atoms with E-state index in [1.807, 2.05) is 22.6 Å². The van der Waals surface area contributed by atoms with Gasteiger partial charge < -0.3 is 4.74 Å². The molecule has 5 heteroatoms. The van der Waals surface area contributed by atoms with Gasteiger partial charge in [-0.1, -0.05) is 17.7 Å². The highest BCUT2D eigenvalue weighted by Crippen LogP contribution is 2.25. The van der Waals surface area contributed by atoms with Crippen molar-refractivity contribution in [3.8, 4) is 0 Å². The second-order valence-electron chi connectivity index (χ2n) is 2.59. The average Bonchev–Trinajstić information content (AvgIpc) is 2.19. The van der Waals surface area contributed by atoms with Gasteiger partial charge in [-0.2, -0.15) is 0 Å². The van der Waals surface area contributed by atoms with Crippen LogP contribution in [0.3, 0.4) is 0 Å². The van der Waals surface area contributed by atoms with Crippen LogP contribution in [0.1, 0.15) is 5.56 Å². The number of hydrogen-bond donors (Lipinski definition) is 0. The molecule has 0 aromatic heterocycles. The average molecular weight is 329 g/mol. The second-order valence-corrected chi connectivity index (χ2v) is 4.04. The monoisotopic (exact) mass is 328 g/mol. The summed E-state index contributed by atoms with van der Waals surface area (Å²) in [4.78, 5) is 11.0. The Morgan fingerprint density at radius 2 is 2.29 bits per heavy atom. The van der Waals surface area contributed by atoms with Crippen molar-refractivity contribution in [2.75, 3.05) is 7.11 Å². The minimum atomic E-state index is -0.482. The molecule has 2 nitrogen and oxygen atoms in total. The molecule has 0 fully saturated rings. The van der Waals surface area contributed by atoms with Gasteiger partial charge in [-0.3, -0.25) is 4.79 Å². The van der Waals surface area contributed by atoms with E-state index < -0.39 is 5.82 Å². The summed E-state index contributed by atoms with van der Waals surface area (Å²) in [6.45, 7) is 0. The van der Waals surface area contributed by atoms with Gasteiger partial charge in [-0.05, 0) is 34.2 Å². The molecule has 0 amide bonds. The van der Waals surface area contributed by atoms with Gasteiger partial charge in [0.25, 0.3) is 0 Å². The molecule has 0 spiro atoms. The molecular formula is C9H7ClFIO2. The van der Waals surface area contributed by atoms with Gasteiger partial charge in [0.15, 0.2) is 0 Å². The van der Waals surface area contributed by atoms with Crippen LogP contribution in [-0.4, -0.2) is 13.1 Å². The van der Waals surface area contributed by atoms with Crippen LogP contribution in [0, 0.1) is 9.39 Å². The van der Waals surface area contributed by atoms with E-state index in [0.29, 0.717) is 9.13 Å². The van der Waals surface area contributed by atoms with Crippen molar-refractivity contribution >= 4 is 40.2 Å². The van der Waals surface area contributed by atoms with Crippen LogP contribution in [-0.2, 0) is 16.0 Å². The van der Waals surface area contributed by atoms with Crippen molar-refractivity contribution < 1.29 is 13.9 Å².